The van der Waals surface area contributed by atoms with E-state index < -0.39 is 14.8 Å². The molecule has 0 bridgehead atoms. The fourth-order valence-electron chi connectivity index (χ4n) is 2.05. The lowest BCUT2D eigenvalue weighted by molar-refractivity contribution is -0.123. The third kappa shape index (κ3) is 5.81. The maximum absolute atomic E-state index is 10.1. The Morgan fingerprint density at radius 2 is 1.81 bits per heavy atom. The Kier molecular flexibility index (Phi) is 6.02. The largest absolute Gasteiger partial charge is 0.463 e. The lowest BCUT2D eigenvalue weighted by atomic mass is 9.85. The van der Waals surface area contributed by atoms with E-state index in [1.54, 1.807) is 6.92 Å². The van der Waals surface area contributed by atoms with Gasteiger partial charge in [-0.2, -0.15) is 0 Å². The van der Waals surface area contributed by atoms with Crippen LogP contribution in [0.2, 0.25) is 13.1 Å². The molecular weight excluding hydrogens is 280 g/mol. The molecule has 4 heteroatoms. The summed E-state index contributed by atoms with van der Waals surface area (Å²) in [6, 6.07) is 7.87. The van der Waals surface area contributed by atoms with E-state index in [4.69, 9.17) is 9.16 Å². The number of ether oxygens (including phenoxy) is 1. The average molecular weight is 310 g/mol. The van der Waals surface area contributed by atoms with Gasteiger partial charge in [-0.25, -0.2) is 0 Å². The Balaban J connectivity index is 3.05. The fraction of sp³-hybridized carbons (Fsp3) is 0.647. The van der Waals surface area contributed by atoms with Gasteiger partial charge in [0, 0.05) is 13.3 Å². The Hall–Kier alpha value is -0.843. The average Bonchev–Trinajstić information content (AvgIpc) is 2.34. The van der Waals surface area contributed by atoms with Gasteiger partial charge in [0.15, 0.2) is 0 Å². The van der Waals surface area contributed by atoms with Crippen LogP contribution in [0.5, 0.6) is 5.75 Å². The molecule has 0 heterocycles. The molecule has 0 aromatic heterocycles. The summed E-state index contributed by atoms with van der Waals surface area (Å²) in [5.41, 5.74) is 1.10. The zero-order chi connectivity index (χ0) is 16.3. The van der Waals surface area contributed by atoms with Crippen molar-refractivity contribution in [3.8, 4) is 5.75 Å². The second-order valence-electron chi connectivity index (χ2n) is 6.98. The summed E-state index contributed by atoms with van der Waals surface area (Å²) in [4.78, 5) is 0. The first-order valence-electron chi connectivity index (χ1n) is 7.53. The van der Waals surface area contributed by atoms with Gasteiger partial charge in [-0.1, -0.05) is 39.8 Å². The van der Waals surface area contributed by atoms with Crippen molar-refractivity contribution in [3.63, 3.8) is 0 Å². The van der Waals surface area contributed by atoms with Crippen LogP contribution < -0.4 is 4.74 Å². The van der Waals surface area contributed by atoms with Crippen LogP contribution in [0.4, 0.5) is 0 Å². The Morgan fingerprint density at radius 1 is 1.19 bits per heavy atom. The first-order chi connectivity index (χ1) is 9.55. The van der Waals surface area contributed by atoms with E-state index in [-0.39, 0.29) is 11.5 Å². The minimum absolute atomic E-state index is 0.00777. The number of hydrogen-bond donors (Lipinski definition) is 1. The molecule has 3 nitrogen and oxygen atoms in total. The molecule has 0 aliphatic heterocycles. The van der Waals surface area contributed by atoms with Crippen LogP contribution in [0, 0.1) is 5.41 Å². The minimum Gasteiger partial charge on any atom is -0.463 e. The molecular formula is C17H29O3Si. The van der Waals surface area contributed by atoms with Crippen LogP contribution in [-0.4, -0.2) is 19.9 Å². The maximum Gasteiger partial charge on any atom is 0.205 e. The van der Waals surface area contributed by atoms with Crippen molar-refractivity contribution >= 4 is 9.04 Å². The van der Waals surface area contributed by atoms with Gasteiger partial charge in [-0.15, -0.1) is 0 Å². The van der Waals surface area contributed by atoms with Crippen molar-refractivity contribution in [1.29, 1.82) is 0 Å². The molecule has 0 saturated carbocycles. The van der Waals surface area contributed by atoms with Crippen molar-refractivity contribution in [2.75, 3.05) is 0 Å². The second-order valence-corrected chi connectivity index (χ2v) is 9.03. The van der Waals surface area contributed by atoms with Crippen molar-refractivity contribution in [3.05, 3.63) is 29.8 Å². The molecule has 0 fully saturated rings. The van der Waals surface area contributed by atoms with Crippen LogP contribution in [0.3, 0.4) is 0 Å². The molecule has 0 aliphatic carbocycles. The predicted molar refractivity (Wildman–Crippen MR) is 88.7 cm³/mol. The SMILES string of the molecule is CCC(C)(O)Oc1cccc(C(O[Si](C)C)C(C)(C)C)c1. The van der Waals surface area contributed by atoms with Gasteiger partial charge < -0.3 is 14.3 Å². The highest BCUT2D eigenvalue weighted by atomic mass is 28.3. The summed E-state index contributed by atoms with van der Waals surface area (Å²) in [6.45, 7) is 14.4. The summed E-state index contributed by atoms with van der Waals surface area (Å²) >= 11 is 0. The topological polar surface area (TPSA) is 38.7 Å². The van der Waals surface area contributed by atoms with Gasteiger partial charge in [-0.3, -0.25) is 0 Å². The summed E-state index contributed by atoms with van der Waals surface area (Å²) in [7, 11) is -0.805. The number of aliphatic hydroxyl groups is 1. The van der Waals surface area contributed by atoms with Gasteiger partial charge in [-0.05, 0) is 36.2 Å². The zero-order valence-corrected chi connectivity index (χ0v) is 15.4. The first-order valence-corrected chi connectivity index (χ1v) is 9.94. The normalized spacial score (nSPS) is 16.6. The molecule has 0 saturated heterocycles. The van der Waals surface area contributed by atoms with E-state index in [1.165, 1.54) is 0 Å². The van der Waals surface area contributed by atoms with Crippen molar-refractivity contribution in [2.24, 2.45) is 5.41 Å². The molecule has 1 aromatic carbocycles. The Morgan fingerprint density at radius 3 is 2.29 bits per heavy atom. The highest BCUT2D eigenvalue weighted by Gasteiger charge is 2.29. The highest BCUT2D eigenvalue weighted by molar-refractivity contribution is 6.48. The van der Waals surface area contributed by atoms with Crippen LogP contribution in [0.25, 0.3) is 0 Å². The Bertz CT molecular complexity index is 450. The fourth-order valence-corrected chi connectivity index (χ4v) is 3.01. The van der Waals surface area contributed by atoms with E-state index in [9.17, 15) is 5.11 Å². The quantitative estimate of drug-likeness (QED) is 0.619. The van der Waals surface area contributed by atoms with E-state index in [0.717, 1.165) is 5.56 Å². The molecule has 0 aliphatic rings. The summed E-state index contributed by atoms with van der Waals surface area (Å²) in [5, 5.41) is 10.1. The highest BCUT2D eigenvalue weighted by Crippen LogP contribution is 2.38. The number of benzene rings is 1. The minimum atomic E-state index is -1.14. The molecule has 119 valence electrons. The number of hydrogen-bond acceptors (Lipinski definition) is 3. The van der Waals surface area contributed by atoms with Crippen molar-refractivity contribution in [1.82, 2.24) is 0 Å². The Labute approximate surface area is 131 Å². The van der Waals surface area contributed by atoms with Gasteiger partial charge in [0.2, 0.25) is 14.8 Å². The van der Waals surface area contributed by atoms with Crippen LogP contribution in [0.1, 0.15) is 52.7 Å². The van der Waals surface area contributed by atoms with Crippen molar-refractivity contribution in [2.45, 2.75) is 66.0 Å². The standard InChI is InChI=1S/C17H29O3Si/c1-8-17(5,18)19-14-11-9-10-13(12-14)15(16(2,3)4)20-21(6)7/h9-12,15,18H,8H2,1-7H3. The molecule has 2 atom stereocenters. The molecule has 1 N–H and O–H groups in total. The van der Waals surface area contributed by atoms with E-state index in [1.807, 2.05) is 25.1 Å². The number of rotatable bonds is 6. The van der Waals surface area contributed by atoms with Crippen LogP contribution in [0.15, 0.2) is 24.3 Å². The zero-order valence-electron chi connectivity index (χ0n) is 14.4. The van der Waals surface area contributed by atoms with Crippen LogP contribution in [-0.2, 0) is 4.43 Å². The van der Waals surface area contributed by atoms with Gasteiger partial charge >= 0.3 is 0 Å². The molecule has 2 unspecified atom stereocenters. The first kappa shape index (κ1) is 18.2. The van der Waals surface area contributed by atoms with E-state index in [2.05, 4.69) is 39.9 Å². The monoisotopic (exact) mass is 309 g/mol. The molecule has 21 heavy (non-hydrogen) atoms. The van der Waals surface area contributed by atoms with Crippen LogP contribution >= 0.6 is 0 Å². The lowest BCUT2D eigenvalue weighted by Gasteiger charge is -2.33. The van der Waals surface area contributed by atoms with Gasteiger partial charge in [0.05, 0.1) is 6.10 Å². The molecule has 1 aromatic rings. The van der Waals surface area contributed by atoms with Gasteiger partial charge in [0.1, 0.15) is 5.75 Å². The summed E-state index contributed by atoms with van der Waals surface area (Å²) in [5.74, 6) is -0.459. The van der Waals surface area contributed by atoms with Gasteiger partial charge in [0.25, 0.3) is 0 Å². The molecule has 1 rings (SSSR count). The lowest BCUT2D eigenvalue weighted by Crippen LogP contribution is -2.31. The van der Waals surface area contributed by atoms with E-state index >= 15 is 0 Å². The second kappa shape index (κ2) is 6.94. The predicted octanol–water partition coefficient (Wildman–Crippen LogP) is 4.54. The maximum atomic E-state index is 10.1. The third-order valence-electron chi connectivity index (χ3n) is 3.29. The molecule has 0 amide bonds. The molecule has 1 radical (unpaired) electrons. The molecule has 0 spiro atoms. The summed E-state index contributed by atoms with van der Waals surface area (Å²) in [6.07, 6.45) is 0.560. The third-order valence-corrected chi connectivity index (χ3v) is 4.00. The summed E-state index contributed by atoms with van der Waals surface area (Å²) < 4.78 is 11.9. The smallest absolute Gasteiger partial charge is 0.205 e. The van der Waals surface area contributed by atoms with Crippen molar-refractivity contribution < 1.29 is 14.3 Å². The van der Waals surface area contributed by atoms with E-state index in [0.29, 0.717) is 12.2 Å².